The van der Waals surface area contributed by atoms with Crippen LogP contribution in [0.4, 0.5) is 5.69 Å². The third kappa shape index (κ3) is 3.55. The van der Waals surface area contributed by atoms with E-state index in [0.29, 0.717) is 12.5 Å². The molecular weight excluding hydrogens is 238 g/mol. The van der Waals surface area contributed by atoms with Gasteiger partial charge in [-0.25, -0.2) is 0 Å². The van der Waals surface area contributed by atoms with E-state index in [4.69, 9.17) is 0 Å². The monoisotopic (exact) mass is 261 g/mol. The Hall–Kier alpha value is -1.39. The van der Waals surface area contributed by atoms with Gasteiger partial charge in [-0.3, -0.25) is 4.79 Å². The highest BCUT2D eigenvalue weighted by Gasteiger charge is 2.23. The quantitative estimate of drug-likeness (QED) is 0.889. The summed E-state index contributed by atoms with van der Waals surface area (Å²) in [7, 11) is 3.94. The topological polar surface area (TPSA) is 35.6 Å². The zero-order valence-electron chi connectivity index (χ0n) is 12.0. The molecule has 0 aromatic heterocycles. The van der Waals surface area contributed by atoms with Gasteiger partial charge in [0.05, 0.1) is 0 Å². The van der Waals surface area contributed by atoms with Crippen molar-refractivity contribution >= 4 is 11.6 Å². The summed E-state index contributed by atoms with van der Waals surface area (Å²) in [6, 6.07) is 8.35. The number of hydrogen-bond donors (Lipinski definition) is 1. The molecule has 4 nitrogen and oxygen atoms in total. The first-order valence-corrected chi connectivity index (χ1v) is 6.82. The Bertz CT molecular complexity index is 447. The third-order valence-electron chi connectivity index (χ3n) is 3.82. The number of likely N-dealkylation sites (N-methyl/N-ethyl adjacent to an activating group) is 1. The fraction of sp³-hybridized carbons (Fsp3) is 0.533. The first-order valence-electron chi connectivity index (χ1n) is 6.82. The Balaban J connectivity index is 1.99. The second-order valence-corrected chi connectivity index (χ2v) is 5.33. The van der Waals surface area contributed by atoms with Crippen molar-refractivity contribution in [3.05, 3.63) is 29.8 Å². The van der Waals surface area contributed by atoms with Crippen LogP contribution in [0.3, 0.4) is 0 Å². The van der Waals surface area contributed by atoms with E-state index in [1.807, 2.05) is 38.2 Å². The van der Waals surface area contributed by atoms with Gasteiger partial charge in [0.1, 0.15) is 0 Å². The van der Waals surface area contributed by atoms with Crippen LogP contribution in [0.25, 0.3) is 0 Å². The molecule has 2 rings (SSSR count). The van der Waals surface area contributed by atoms with Crippen molar-refractivity contribution in [3.8, 4) is 0 Å². The Morgan fingerprint density at radius 2 is 2.32 bits per heavy atom. The van der Waals surface area contributed by atoms with Crippen LogP contribution in [0.5, 0.6) is 0 Å². The SMILES string of the molecule is Cc1cccc(N(C)C(=O)CC2CNCCN2C)c1. The molecule has 1 heterocycles. The summed E-state index contributed by atoms with van der Waals surface area (Å²) in [5, 5.41) is 3.35. The number of carbonyl (C=O) groups excluding carboxylic acids is 1. The van der Waals surface area contributed by atoms with Crippen LogP contribution in [0.2, 0.25) is 0 Å². The molecule has 104 valence electrons. The number of nitrogens with zero attached hydrogens (tertiary/aromatic N) is 2. The van der Waals surface area contributed by atoms with E-state index in [1.54, 1.807) is 4.90 Å². The van der Waals surface area contributed by atoms with Gasteiger partial charge in [0, 0.05) is 44.8 Å². The third-order valence-corrected chi connectivity index (χ3v) is 3.82. The minimum Gasteiger partial charge on any atom is -0.315 e. The van der Waals surface area contributed by atoms with E-state index in [1.165, 1.54) is 5.56 Å². The second-order valence-electron chi connectivity index (χ2n) is 5.33. The van der Waals surface area contributed by atoms with Crippen LogP contribution < -0.4 is 10.2 Å². The molecule has 0 radical (unpaired) electrons. The van der Waals surface area contributed by atoms with E-state index in [-0.39, 0.29) is 5.91 Å². The molecule has 1 atom stereocenters. The first-order chi connectivity index (χ1) is 9.08. The highest BCUT2D eigenvalue weighted by Crippen LogP contribution is 2.16. The van der Waals surface area contributed by atoms with E-state index in [2.05, 4.69) is 17.3 Å². The normalized spacial score (nSPS) is 20.3. The van der Waals surface area contributed by atoms with Crippen LogP contribution >= 0.6 is 0 Å². The lowest BCUT2D eigenvalue weighted by Crippen LogP contribution is -2.51. The maximum Gasteiger partial charge on any atom is 0.228 e. The summed E-state index contributed by atoms with van der Waals surface area (Å²) in [5.74, 6) is 0.172. The number of amides is 1. The highest BCUT2D eigenvalue weighted by molar-refractivity contribution is 5.93. The van der Waals surface area contributed by atoms with Gasteiger partial charge in [-0.05, 0) is 31.7 Å². The largest absolute Gasteiger partial charge is 0.315 e. The maximum absolute atomic E-state index is 12.3. The molecular formula is C15H23N3O. The Labute approximate surface area is 115 Å². The van der Waals surface area contributed by atoms with Crippen molar-refractivity contribution < 1.29 is 4.79 Å². The lowest BCUT2D eigenvalue weighted by Gasteiger charge is -2.33. The van der Waals surface area contributed by atoms with E-state index < -0.39 is 0 Å². The molecule has 1 aliphatic heterocycles. The minimum atomic E-state index is 0.172. The van der Waals surface area contributed by atoms with Crippen molar-refractivity contribution in [2.24, 2.45) is 0 Å². The zero-order chi connectivity index (χ0) is 13.8. The summed E-state index contributed by atoms with van der Waals surface area (Å²) in [4.78, 5) is 16.4. The lowest BCUT2D eigenvalue weighted by atomic mass is 10.1. The van der Waals surface area contributed by atoms with Gasteiger partial charge in [0.25, 0.3) is 0 Å². The molecule has 1 aliphatic rings. The fourth-order valence-electron chi connectivity index (χ4n) is 2.41. The molecule has 1 unspecified atom stereocenters. The summed E-state index contributed by atoms with van der Waals surface area (Å²) in [6.07, 6.45) is 0.563. The number of nitrogens with one attached hydrogen (secondary N) is 1. The summed E-state index contributed by atoms with van der Waals surface area (Å²) in [5.41, 5.74) is 2.14. The molecule has 0 aliphatic carbocycles. The number of benzene rings is 1. The molecule has 0 spiro atoms. The standard InChI is InChI=1S/C15H23N3O/c1-12-5-4-6-13(9-12)18(3)15(19)10-14-11-16-7-8-17(14)2/h4-6,9,14,16H,7-8,10-11H2,1-3H3. The van der Waals surface area contributed by atoms with E-state index in [0.717, 1.165) is 25.3 Å². The molecule has 0 saturated carbocycles. The number of piperazine rings is 1. The van der Waals surface area contributed by atoms with Gasteiger partial charge < -0.3 is 15.1 Å². The van der Waals surface area contributed by atoms with Crippen LogP contribution in [-0.4, -0.2) is 50.6 Å². The first kappa shape index (κ1) is 14.0. The van der Waals surface area contributed by atoms with Crippen molar-refractivity contribution in [1.29, 1.82) is 0 Å². The molecule has 1 N–H and O–H groups in total. The molecule has 0 bridgehead atoms. The second kappa shape index (κ2) is 6.17. The van der Waals surface area contributed by atoms with Crippen LogP contribution in [0.1, 0.15) is 12.0 Å². The summed E-state index contributed by atoms with van der Waals surface area (Å²) in [6.45, 7) is 4.95. The number of hydrogen-bond acceptors (Lipinski definition) is 3. The fourth-order valence-corrected chi connectivity index (χ4v) is 2.41. The maximum atomic E-state index is 12.3. The van der Waals surface area contributed by atoms with Crippen molar-refractivity contribution in [3.63, 3.8) is 0 Å². The molecule has 1 aromatic carbocycles. The van der Waals surface area contributed by atoms with Crippen LogP contribution in [0.15, 0.2) is 24.3 Å². The predicted octanol–water partition coefficient (Wildman–Crippen LogP) is 1.25. The summed E-state index contributed by atoms with van der Waals surface area (Å²) < 4.78 is 0. The van der Waals surface area contributed by atoms with Crippen molar-refractivity contribution in [2.45, 2.75) is 19.4 Å². The van der Waals surface area contributed by atoms with Crippen LogP contribution in [-0.2, 0) is 4.79 Å². The number of carbonyl (C=O) groups is 1. The number of rotatable bonds is 3. The summed E-state index contributed by atoms with van der Waals surface area (Å²) >= 11 is 0. The molecule has 1 saturated heterocycles. The van der Waals surface area contributed by atoms with Gasteiger partial charge in [-0.2, -0.15) is 0 Å². The molecule has 19 heavy (non-hydrogen) atoms. The Kier molecular flexibility index (Phi) is 4.56. The Morgan fingerprint density at radius 3 is 3.00 bits per heavy atom. The van der Waals surface area contributed by atoms with Gasteiger partial charge in [0.15, 0.2) is 0 Å². The highest BCUT2D eigenvalue weighted by atomic mass is 16.2. The van der Waals surface area contributed by atoms with E-state index in [9.17, 15) is 4.79 Å². The molecule has 4 heteroatoms. The average Bonchev–Trinajstić information content (AvgIpc) is 2.40. The van der Waals surface area contributed by atoms with Gasteiger partial charge >= 0.3 is 0 Å². The Morgan fingerprint density at radius 1 is 1.53 bits per heavy atom. The van der Waals surface area contributed by atoms with Gasteiger partial charge in [-0.1, -0.05) is 12.1 Å². The molecule has 1 amide bonds. The predicted molar refractivity (Wildman–Crippen MR) is 78.5 cm³/mol. The van der Waals surface area contributed by atoms with Gasteiger partial charge in [0.2, 0.25) is 5.91 Å². The minimum absolute atomic E-state index is 0.172. The zero-order valence-corrected chi connectivity index (χ0v) is 12.0. The molecule has 1 aromatic rings. The number of anilines is 1. The van der Waals surface area contributed by atoms with Crippen molar-refractivity contribution in [2.75, 3.05) is 38.6 Å². The average molecular weight is 261 g/mol. The smallest absolute Gasteiger partial charge is 0.228 e. The van der Waals surface area contributed by atoms with Crippen LogP contribution in [0, 0.1) is 6.92 Å². The van der Waals surface area contributed by atoms with Crippen molar-refractivity contribution in [1.82, 2.24) is 10.2 Å². The van der Waals surface area contributed by atoms with E-state index >= 15 is 0 Å². The molecule has 1 fully saturated rings. The number of aryl methyl sites for hydroxylation is 1. The van der Waals surface area contributed by atoms with Gasteiger partial charge in [-0.15, -0.1) is 0 Å². The lowest BCUT2D eigenvalue weighted by molar-refractivity contribution is -0.119.